The quantitative estimate of drug-likeness (QED) is 0.341. The van der Waals surface area contributed by atoms with Crippen molar-refractivity contribution in [2.75, 3.05) is 44.0 Å². The number of anilines is 2. The van der Waals surface area contributed by atoms with Crippen LogP contribution in [0.15, 0.2) is 22.7 Å². The molecule has 2 aliphatic rings. The van der Waals surface area contributed by atoms with E-state index in [1.54, 1.807) is 55.8 Å². The molecule has 1 fully saturated rings. The number of carbonyl (C=O) groups excluding carboxylic acids is 3. The Morgan fingerprint density at radius 1 is 1.09 bits per heavy atom. The lowest BCUT2D eigenvalue weighted by molar-refractivity contribution is -0.120. The van der Waals surface area contributed by atoms with E-state index in [-0.39, 0.29) is 55.5 Å². The standard InChI is InChI=1S/C35H53N5O7/c1-22-19-40(23(2)21-41)34(43)29-18-28(36-33(42)27-13-8-7-9-14-27)15-16-30(29)46-24(3)12-10-11-17-45-31(22)20-39(6)35(44)37-32-25(4)38-47-26(32)5/h15-16,18,22-24,27,31,41H,7-14,17,19-21H2,1-6H3,(H,36,42)(H,37,44)/t22-,23-,24-,31+/m0/s1. The van der Waals surface area contributed by atoms with Crippen LogP contribution in [0.4, 0.5) is 16.2 Å². The van der Waals surface area contributed by atoms with E-state index in [4.69, 9.17) is 14.0 Å². The van der Waals surface area contributed by atoms with Crippen LogP contribution in [0.5, 0.6) is 5.75 Å². The normalized spacial score (nSPS) is 22.4. The largest absolute Gasteiger partial charge is 0.490 e. The van der Waals surface area contributed by atoms with E-state index < -0.39 is 12.1 Å². The lowest BCUT2D eigenvalue weighted by Gasteiger charge is -2.35. The summed E-state index contributed by atoms with van der Waals surface area (Å²) in [4.78, 5) is 43.8. The van der Waals surface area contributed by atoms with Crippen molar-refractivity contribution in [1.29, 1.82) is 0 Å². The SMILES string of the molecule is Cc1noc(C)c1NC(=O)N(C)C[C@H]1OCCCC[C@H](C)Oc2ccc(NC(=O)C3CCCCC3)cc2C(=O)N([C@@H](C)CO)C[C@@H]1C. The number of aliphatic hydroxyl groups is 1. The molecule has 4 rings (SSSR count). The van der Waals surface area contributed by atoms with E-state index in [2.05, 4.69) is 15.8 Å². The second kappa shape index (κ2) is 17.0. The Labute approximate surface area is 278 Å². The third-order valence-corrected chi connectivity index (χ3v) is 9.36. The Balaban J connectivity index is 1.58. The van der Waals surface area contributed by atoms with Crippen LogP contribution < -0.4 is 15.4 Å². The minimum Gasteiger partial charge on any atom is -0.490 e. The lowest BCUT2D eigenvalue weighted by atomic mass is 9.88. The maximum Gasteiger partial charge on any atom is 0.321 e. The van der Waals surface area contributed by atoms with Crippen LogP contribution in [0.1, 0.15) is 93.9 Å². The molecule has 1 aliphatic carbocycles. The molecule has 1 aliphatic heterocycles. The fraction of sp³-hybridized carbons (Fsp3) is 0.657. The van der Waals surface area contributed by atoms with Crippen molar-refractivity contribution in [3.8, 4) is 5.75 Å². The van der Waals surface area contributed by atoms with Gasteiger partial charge in [-0.25, -0.2) is 4.79 Å². The zero-order valence-corrected chi connectivity index (χ0v) is 28.8. The number of aliphatic hydroxyl groups excluding tert-OH is 1. The van der Waals surface area contributed by atoms with E-state index in [0.29, 0.717) is 40.7 Å². The van der Waals surface area contributed by atoms with Crippen molar-refractivity contribution in [2.45, 2.75) is 104 Å². The molecule has 1 aromatic carbocycles. The van der Waals surface area contributed by atoms with Crippen molar-refractivity contribution in [1.82, 2.24) is 15.0 Å². The number of nitrogens with one attached hydrogen (secondary N) is 2. The third-order valence-electron chi connectivity index (χ3n) is 9.36. The number of aromatic nitrogens is 1. The van der Waals surface area contributed by atoms with Crippen LogP contribution in [-0.4, -0.2) is 89.5 Å². The van der Waals surface area contributed by atoms with Crippen molar-refractivity contribution in [2.24, 2.45) is 11.8 Å². The number of hydrogen-bond acceptors (Lipinski definition) is 8. The van der Waals surface area contributed by atoms with Crippen molar-refractivity contribution in [3.05, 3.63) is 35.2 Å². The van der Waals surface area contributed by atoms with E-state index in [1.165, 1.54) is 0 Å². The van der Waals surface area contributed by atoms with Gasteiger partial charge in [0.25, 0.3) is 5.91 Å². The maximum atomic E-state index is 14.4. The summed E-state index contributed by atoms with van der Waals surface area (Å²) in [5.41, 5.74) is 2.01. The molecule has 0 bridgehead atoms. The number of carbonyl (C=O) groups is 3. The van der Waals surface area contributed by atoms with Gasteiger partial charge in [0.05, 0.1) is 30.4 Å². The minimum absolute atomic E-state index is 0.0241. The highest BCUT2D eigenvalue weighted by molar-refractivity contribution is 6.00. The zero-order chi connectivity index (χ0) is 34.1. The highest BCUT2D eigenvalue weighted by Crippen LogP contribution is 2.30. The van der Waals surface area contributed by atoms with Gasteiger partial charge in [0.2, 0.25) is 5.91 Å². The van der Waals surface area contributed by atoms with Crippen LogP contribution in [0, 0.1) is 25.7 Å². The maximum absolute atomic E-state index is 14.4. The molecule has 4 atom stereocenters. The zero-order valence-electron chi connectivity index (χ0n) is 28.8. The molecular weight excluding hydrogens is 602 g/mol. The number of aryl methyl sites for hydroxylation is 2. The van der Waals surface area contributed by atoms with Crippen molar-refractivity contribution in [3.63, 3.8) is 0 Å². The summed E-state index contributed by atoms with van der Waals surface area (Å²) in [7, 11) is 1.70. The third kappa shape index (κ3) is 9.70. The lowest BCUT2D eigenvalue weighted by Crippen LogP contribution is -2.48. The Morgan fingerprint density at radius 3 is 2.49 bits per heavy atom. The fourth-order valence-corrected chi connectivity index (χ4v) is 6.29. The summed E-state index contributed by atoms with van der Waals surface area (Å²) in [6.07, 6.45) is 6.86. The number of amides is 4. The van der Waals surface area contributed by atoms with E-state index >= 15 is 0 Å². The Morgan fingerprint density at radius 2 is 1.81 bits per heavy atom. The molecule has 0 radical (unpaired) electrons. The molecule has 4 amide bonds. The number of fused-ring (bicyclic) bond motifs is 1. The second-order valence-corrected chi connectivity index (χ2v) is 13.3. The molecule has 2 aromatic rings. The molecular formula is C35H53N5O7. The smallest absolute Gasteiger partial charge is 0.321 e. The number of benzene rings is 1. The van der Waals surface area contributed by atoms with E-state index in [9.17, 15) is 19.5 Å². The predicted molar refractivity (Wildman–Crippen MR) is 180 cm³/mol. The van der Waals surface area contributed by atoms with Crippen LogP contribution in [-0.2, 0) is 9.53 Å². The van der Waals surface area contributed by atoms with Gasteiger partial charge in [0.15, 0.2) is 5.76 Å². The van der Waals surface area contributed by atoms with E-state index in [0.717, 1.165) is 51.4 Å². The van der Waals surface area contributed by atoms with Gasteiger partial charge >= 0.3 is 6.03 Å². The van der Waals surface area contributed by atoms with Gasteiger partial charge in [-0.3, -0.25) is 9.59 Å². The number of nitrogens with zero attached hydrogens (tertiary/aromatic N) is 3. The van der Waals surface area contributed by atoms with Crippen LogP contribution in [0.25, 0.3) is 0 Å². The van der Waals surface area contributed by atoms with Gasteiger partial charge in [0.1, 0.15) is 17.1 Å². The molecule has 12 nitrogen and oxygen atoms in total. The van der Waals surface area contributed by atoms with Crippen molar-refractivity contribution >= 4 is 29.2 Å². The van der Waals surface area contributed by atoms with Crippen LogP contribution in [0.3, 0.4) is 0 Å². The Bertz CT molecular complexity index is 1340. The summed E-state index contributed by atoms with van der Waals surface area (Å²) < 4.78 is 17.9. The number of likely N-dealkylation sites (N-methyl/N-ethyl adjacent to an activating group) is 1. The summed E-state index contributed by atoms with van der Waals surface area (Å²) in [6, 6.07) is 4.41. The Kier molecular flexibility index (Phi) is 13.1. The molecule has 47 heavy (non-hydrogen) atoms. The van der Waals surface area contributed by atoms with E-state index in [1.807, 2.05) is 13.8 Å². The van der Waals surface area contributed by atoms with Crippen molar-refractivity contribution < 1.29 is 33.5 Å². The van der Waals surface area contributed by atoms with Gasteiger partial charge in [-0.15, -0.1) is 0 Å². The summed E-state index contributed by atoms with van der Waals surface area (Å²) in [6.45, 7) is 10.1. The number of rotatable bonds is 7. The Hall–Kier alpha value is -3.64. The molecule has 0 unspecified atom stereocenters. The predicted octanol–water partition coefficient (Wildman–Crippen LogP) is 5.77. The molecule has 0 spiro atoms. The van der Waals surface area contributed by atoms with Gasteiger partial charge in [-0.2, -0.15) is 0 Å². The number of ether oxygens (including phenoxy) is 2. The molecule has 1 aromatic heterocycles. The first-order valence-corrected chi connectivity index (χ1v) is 17.1. The monoisotopic (exact) mass is 655 g/mol. The second-order valence-electron chi connectivity index (χ2n) is 13.3. The molecule has 2 heterocycles. The molecule has 0 saturated heterocycles. The van der Waals surface area contributed by atoms with Gasteiger partial charge in [-0.05, 0) is 78.0 Å². The van der Waals surface area contributed by atoms with Gasteiger partial charge in [0, 0.05) is 44.3 Å². The van der Waals surface area contributed by atoms with Crippen LogP contribution in [0.2, 0.25) is 0 Å². The average Bonchev–Trinajstić information content (AvgIpc) is 3.38. The van der Waals surface area contributed by atoms with Gasteiger partial charge < -0.3 is 39.5 Å². The highest BCUT2D eigenvalue weighted by atomic mass is 16.5. The first kappa shape index (κ1) is 36.2. The number of hydrogen-bond donors (Lipinski definition) is 3. The molecule has 3 N–H and O–H groups in total. The van der Waals surface area contributed by atoms with Crippen LogP contribution >= 0.6 is 0 Å². The number of urea groups is 1. The topological polar surface area (TPSA) is 146 Å². The van der Waals surface area contributed by atoms with Gasteiger partial charge in [-0.1, -0.05) is 31.3 Å². The molecule has 12 heteroatoms. The summed E-state index contributed by atoms with van der Waals surface area (Å²) in [5.74, 6) is 0.398. The molecule has 260 valence electrons. The first-order valence-electron chi connectivity index (χ1n) is 17.1. The minimum atomic E-state index is -0.509. The highest BCUT2D eigenvalue weighted by Gasteiger charge is 2.31. The summed E-state index contributed by atoms with van der Waals surface area (Å²) in [5, 5.41) is 20.1. The summed E-state index contributed by atoms with van der Waals surface area (Å²) >= 11 is 0. The first-order chi connectivity index (χ1) is 22.5. The fourth-order valence-electron chi connectivity index (χ4n) is 6.29. The molecule has 1 saturated carbocycles. The average molecular weight is 656 g/mol.